The van der Waals surface area contributed by atoms with Crippen LogP contribution >= 0.6 is 11.3 Å². The van der Waals surface area contributed by atoms with Crippen LogP contribution in [-0.4, -0.2) is 23.7 Å². The molecule has 0 saturated heterocycles. The summed E-state index contributed by atoms with van der Waals surface area (Å²) >= 11 is 1.75. The van der Waals surface area contributed by atoms with Gasteiger partial charge in [0.25, 0.3) is 0 Å². The number of ether oxygens (including phenoxy) is 2. The van der Waals surface area contributed by atoms with E-state index in [-0.39, 0.29) is 11.5 Å². The molecule has 5 nitrogen and oxygen atoms in total. The Hall–Kier alpha value is -2.48. The van der Waals surface area contributed by atoms with Crippen LogP contribution in [0.5, 0.6) is 11.5 Å². The zero-order valence-electron chi connectivity index (χ0n) is 14.8. The second-order valence-corrected chi connectivity index (χ2v) is 7.41. The number of anilines is 1. The lowest BCUT2D eigenvalue weighted by Crippen LogP contribution is -2.06. The van der Waals surface area contributed by atoms with Crippen LogP contribution in [-0.2, 0) is 19.4 Å². The molecule has 1 aliphatic rings. The number of benzene rings is 1. The molecule has 0 atom stereocenters. The molecule has 27 heavy (non-hydrogen) atoms. The van der Waals surface area contributed by atoms with E-state index in [1.807, 2.05) is 0 Å². The van der Waals surface area contributed by atoms with Gasteiger partial charge >= 0.3 is 6.61 Å². The van der Waals surface area contributed by atoms with Crippen molar-refractivity contribution in [2.45, 2.75) is 38.8 Å². The molecule has 0 spiro atoms. The summed E-state index contributed by atoms with van der Waals surface area (Å²) in [4.78, 5) is 11.3. The molecule has 2 heterocycles. The summed E-state index contributed by atoms with van der Waals surface area (Å²) in [6, 6.07) is 4.91. The largest absolute Gasteiger partial charge is 0.493 e. The van der Waals surface area contributed by atoms with Crippen LogP contribution in [0, 0.1) is 0 Å². The molecule has 0 amide bonds. The average molecular weight is 391 g/mol. The summed E-state index contributed by atoms with van der Waals surface area (Å²) in [7, 11) is 1.43. The molecule has 1 N–H and O–H groups in total. The number of nitrogens with one attached hydrogen (secondary N) is 1. The first-order valence-electron chi connectivity index (χ1n) is 8.76. The molecule has 1 aromatic carbocycles. The van der Waals surface area contributed by atoms with E-state index in [4.69, 9.17) is 4.74 Å². The van der Waals surface area contributed by atoms with Crippen molar-refractivity contribution in [2.75, 3.05) is 12.4 Å². The fourth-order valence-electron chi connectivity index (χ4n) is 3.43. The Balaban J connectivity index is 1.58. The van der Waals surface area contributed by atoms with Gasteiger partial charge in [0.1, 0.15) is 17.0 Å². The fraction of sp³-hybridized carbons (Fsp3) is 0.368. The molecule has 142 valence electrons. The fourth-order valence-corrected chi connectivity index (χ4v) is 4.65. The highest BCUT2D eigenvalue weighted by Crippen LogP contribution is 2.38. The highest BCUT2D eigenvalue weighted by molar-refractivity contribution is 7.19. The Morgan fingerprint density at radius 3 is 2.85 bits per heavy atom. The summed E-state index contributed by atoms with van der Waals surface area (Å²) in [6.07, 6.45) is 6.16. The zero-order chi connectivity index (χ0) is 18.8. The standard InChI is InChI=1S/C19H19F2N3O2S/c1-25-14-8-11(6-7-13(14)26-19(20)21)9-22-17-16-12-4-2-3-5-15(12)27-18(16)24-10-23-17/h6-8,10,19H,2-5,9H2,1H3,(H,22,23,24). The maximum Gasteiger partial charge on any atom is 0.387 e. The van der Waals surface area contributed by atoms with Crippen LogP contribution in [0.1, 0.15) is 28.8 Å². The Morgan fingerprint density at radius 2 is 2.04 bits per heavy atom. The van der Waals surface area contributed by atoms with Crippen molar-refractivity contribution in [2.24, 2.45) is 0 Å². The second-order valence-electron chi connectivity index (χ2n) is 6.33. The lowest BCUT2D eigenvalue weighted by atomic mass is 9.97. The van der Waals surface area contributed by atoms with Crippen molar-refractivity contribution in [3.63, 3.8) is 0 Å². The van der Waals surface area contributed by atoms with Gasteiger partial charge in [0, 0.05) is 11.4 Å². The summed E-state index contributed by atoms with van der Waals surface area (Å²) in [5, 5.41) is 4.48. The van der Waals surface area contributed by atoms with Crippen LogP contribution < -0.4 is 14.8 Å². The lowest BCUT2D eigenvalue weighted by Gasteiger charge is -2.14. The van der Waals surface area contributed by atoms with E-state index in [1.165, 1.54) is 36.5 Å². The third kappa shape index (κ3) is 3.66. The number of hydrogen-bond acceptors (Lipinski definition) is 6. The molecule has 4 rings (SSSR count). The number of alkyl halides is 2. The van der Waals surface area contributed by atoms with Crippen molar-refractivity contribution in [1.82, 2.24) is 9.97 Å². The average Bonchev–Trinajstić information content (AvgIpc) is 3.06. The highest BCUT2D eigenvalue weighted by Gasteiger charge is 2.20. The maximum absolute atomic E-state index is 12.5. The summed E-state index contributed by atoms with van der Waals surface area (Å²) < 4.78 is 34.5. The van der Waals surface area contributed by atoms with E-state index in [9.17, 15) is 8.78 Å². The van der Waals surface area contributed by atoms with Gasteiger partial charge in [0.2, 0.25) is 0 Å². The minimum absolute atomic E-state index is 0.0209. The van der Waals surface area contributed by atoms with Gasteiger partial charge in [0.15, 0.2) is 11.5 Å². The summed E-state index contributed by atoms with van der Waals surface area (Å²) in [5.74, 6) is 1.11. The van der Waals surface area contributed by atoms with Crippen molar-refractivity contribution >= 4 is 27.4 Å². The molecule has 3 aromatic rings. The van der Waals surface area contributed by atoms with E-state index < -0.39 is 6.61 Å². The highest BCUT2D eigenvalue weighted by atomic mass is 32.1. The van der Waals surface area contributed by atoms with Gasteiger partial charge in [-0.1, -0.05) is 6.07 Å². The van der Waals surface area contributed by atoms with E-state index in [2.05, 4.69) is 20.0 Å². The number of fused-ring (bicyclic) bond motifs is 3. The van der Waals surface area contributed by atoms with E-state index in [0.717, 1.165) is 34.4 Å². The van der Waals surface area contributed by atoms with Gasteiger partial charge in [-0.05, 0) is 48.9 Å². The Bertz CT molecular complexity index is 962. The van der Waals surface area contributed by atoms with Gasteiger partial charge < -0.3 is 14.8 Å². The van der Waals surface area contributed by atoms with Crippen molar-refractivity contribution in [1.29, 1.82) is 0 Å². The molecular weight excluding hydrogens is 372 g/mol. The SMILES string of the molecule is COc1cc(CNc2ncnc3sc4c(c23)CCCC4)ccc1OC(F)F. The molecule has 0 aliphatic heterocycles. The van der Waals surface area contributed by atoms with Crippen molar-refractivity contribution in [3.8, 4) is 11.5 Å². The molecule has 8 heteroatoms. The Kier molecular flexibility index (Phi) is 5.07. The number of nitrogens with zero attached hydrogens (tertiary/aromatic N) is 2. The minimum atomic E-state index is -2.89. The van der Waals surface area contributed by atoms with Gasteiger partial charge in [-0.3, -0.25) is 0 Å². The third-order valence-corrected chi connectivity index (χ3v) is 5.86. The predicted molar refractivity (Wildman–Crippen MR) is 101 cm³/mol. The lowest BCUT2D eigenvalue weighted by molar-refractivity contribution is -0.0512. The van der Waals surface area contributed by atoms with E-state index in [0.29, 0.717) is 6.54 Å². The third-order valence-electron chi connectivity index (χ3n) is 4.66. The predicted octanol–water partition coefficient (Wildman–Crippen LogP) is 4.79. The topological polar surface area (TPSA) is 56.3 Å². The Morgan fingerprint density at radius 1 is 1.19 bits per heavy atom. The smallest absolute Gasteiger partial charge is 0.387 e. The van der Waals surface area contributed by atoms with Crippen molar-refractivity contribution < 1.29 is 18.3 Å². The minimum Gasteiger partial charge on any atom is -0.493 e. The molecule has 0 fully saturated rings. The number of methoxy groups -OCH3 is 1. The first-order valence-corrected chi connectivity index (χ1v) is 9.58. The number of thiophene rings is 1. The van der Waals surface area contributed by atoms with Gasteiger partial charge in [-0.2, -0.15) is 8.78 Å². The van der Waals surface area contributed by atoms with Crippen LogP contribution in [0.3, 0.4) is 0 Å². The number of aromatic nitrogens is 2. The van der Waals surface area contributed by atoms with Gasteiger partial charge in [-0.25, -0.2) is 9.97 Å². The molecule has 1 aliphatic carbocycles. The molecular formula is C19H19F2N3O2S. The van der Waals surface area contributed by atoms with E-state index >= 15 is 0 Å². The Labute approximate surface area is 159 Å². The van der Waals surface area contributed by atoms with Crippen molar-refractivity contribution in [3.05, 3.63) is 40.5 Å². The number of rotatable bonds is 6. The molecule has 0 radical (unpaired) electrons. The maximum atomic E-state index is 12.5. The number of halogens is 2. The van der Waals surface area contributed by atoms with Crippen LogP contribution in [0.25, 0.3) is 10.2 Å². The molecule has 0 saturated carbocycles. The van der Waals surface area contributed by atoms with Gasteiger partial charge in [0.05, 0.1) is 12.5 Å². The molecule has 0 unspecified atom stereocenters. The van der Waals surface area contributed by atoms with Gasteiger partial charge in [-0.15, -0.1) is 11.3 Å². The first-order chi connectivity index (χ1) is 13.2. The second kappa shape index (κ2) is 7.64. The molecule has 0 bridgehead atoms. The summed E-state index contributed by atoms with van der Waals surface area (Å²) in [6.45, 7) is -2.40. The monoisotopic (exact) mass is 391 g/mol. The van der Waals surface area contributed by atoms with Crippen LogP contribution in [0.2, 0.25) is 0 Å². The van der Waals surface area contributed by atoms with Crippen LogP contribution in [0.4, 0.5) is 14.6 Å². The number of aryl methyl sites for hydroxylation is 2. The van der Waals surface area contributed by atoms with Crippen LogP contribution in [0.15, 0.2) is 24.5 Å². The quantitative estimate of drug-likeness (QED) is 0.655. The molecule has 2 aromatic heterocycles. The van der Waals surface area contributed by atoms with E-state index in [1.54, 1.807) is 29.8 Å². The number of hydrogen-bond donors (Lipinski definition) is 1. The summed E-state index contributed by atoms with van der Waals surface area (Å²) in [5.41, 5.74) is 2.24. The normalized spacial score (nSPS) is 13.6. The zero-order valence-corrected chi connectivity index (χ0v) is 15.6. The first kappa shape index (κ1) is 17.9.